The summed E-state index contributed by atoms with van der Waals surface area (Å²) in [5.41, 5.74) is -0.130. The molecule has 0 saturated heterocycles. The Hall–Kier alpha value is -2.57. The van der Waals surface area contributed by atoms with E-state index in [1.54, 1.807) is 24.5 Å². The van der Waals surface area contributed by atoms with Gasteiger partial charge in [-0.15, -0.1) is 0 Å². The van der Waals surface area contributed by atoms with Crippen molar-refractivity contribution in [2.24, 2.45) is 0 Å². The molecular weight excluding hydrogens is 298 g/mol. The number of methoxy groups -OCH3 is 1. The number of H-pyrrole nitrogens is 1. The second kappa shape index (κ2) is 6.28. The van der Waals surface area contributed by atoms with E-state index in [9.17, 15) is 9.59 Å². The van der Waals surface area contributed by atoms with Crippen LogP contribution in [0.4, 0.5) is 0 Å². The van der Waals surface area contributed by atoms with Gasteiger partial charge in [-0.2, -0.15) is 5.10 Å². The molecule has 1 saturated carbocycles. The first-order valence-electron chi connectivity index (χ1n) is 7.65. The predicted molar refractivity (Wildman–Crippen MR) is 81.6 cm³/mol. The van der Waals surface area contributed by atoms with Gasteiger partial charge in [-0.1, -0.05) is 19.3 Å². The standard InChI is InChI=1S/C16H19N3O4/c1-22-15(21)16(7-3-2-4-8-16)17-14(20)12-10-11(18-19-12)13-6-5-9-23-13/h5-6,9-10H,2-4,7-8H2,1H3,(H,17,20)(H,18,19). The van der Waals surface area contributed by atoms with E-state index in [1.165, 1.54) is 7.11 Å². The quantitative estimate of drug-likeness (QED) is 0.843. The van der Waals surface area contributed by atoms with Crippen LogP contribution in [-0.2, 0) is 9.53 Å². The molecule has 7 nitrogen and oxygen atoms in total. The third kappa shape index (κ3) is 2.99. The summed E-state index contributed by atoms with van der Waals surface area (Å²) in [6, 6.07) is 5.12. The summed E-state index contributed by atoms with van der Waals surface area (Å²) in [5.74, 6) is -0.199. The SMILES string of the molecule is COC(=O)C1(NC(=O)c2cc(-c3ccco3)[nH]n2)CCCCC1. The van der Waals surface area contributed by atoms with Crippen LogP contribution in [0.2, 0.25) is 0 Å². The molecule has 0 bridgehead atoms. The van der Waals surface area contributed by atoms with Crippen molar-refractivity contribution < 1.29 is 18.7 Å². The Balaban J connectivity index is 1.78. The number of carbonyl (C=O) groups excluding carboxylic acids is 2. The van der Waals surface area contributed by atoms with E-state index >= 15 is 0 Å². The largest absolute Gasteiger partial charge is 0.467 e. The van der Waals surface area contributed by atoms with E-state index in [0.717, 1.165) is 19.3 Å². The maximum absolute atomic E-state index is 12.5. The molecular formula is C16H19N3O4. The van der Waals surface area contributed by atoms with Crippen LogP contribution in [0, 0.1) is 0 Å². The monoisotopic (exact) mass is 317 g/mol. The van der Waals surface area contributed by atoms with E-state index in [4.69, 9.17) is 9.15 Å². The van der Waals surface area contributed by atoms with Crippen LogP contribution in [0.25, 0.3) is 11.5 Å². The van der Waals surface area contributed by atoms with Gasteiger partial charge in [-0.3, -0.25) is 9.89 Å². The topological polar surface area (TPSA) is 97.2 Å². The highest BCUT2D eigenvalue weighted by Crippen LogP contribution is 2.30. The van der Waals surface area contributed by atoms with Gasteiger partial charge in [0.1, 0.15) is 11.2 Å². The van der Waals surface area contributed by atoms with Gasteiger partial charge in [0, 0.05) is 6.07 Å². The zero-order valence-electron chi connectivity index (χ0n) is 12.9. The Morgan fingerprint density at radius 1 is 1.35 bits per heavy atom. The van der Waals surface area contributed by atoms with E-state index in [-0.39, 0.29) is 5.69 Å². The van der Waals surface area contributed by atoms with Gasteiger partial charge in [0.25, 0.3) is 5.91 Å². The van der Waals surface area contributed by atoms with Crippen molar-refractivity contribution in [3.63, 3.8) is 0 Å². The van der Waals surface area contributed by atoms with E-state index in [0.29, 0.717) is 24.3 Å². The fourth-order valence-corrected chi connectivity index (χ4v) is 3.01. The van der Waals surface area contributed by atoms with Crippen LogP contribution in [-0.4, -0.2) is 34.7 Å². The second-order valence-corrected chi connectivity index (χ2v) is 5.73. The molecule has 0 radical (unpaired) electrons. The molecule has 1 amide bonds. The highest BCUT2D eigenvalue weighted by Gasteiger charge is 2.42. The fraction of sp³-hybridized carbons (Fsp3) is 0.438. The van der Waals surface area contributed by atoms with Crippen molar-refractivity contribution >= 4 is 11.9 Å². The summed E-state index contributed by atoms with van der Waals surface area (Å²) in [4.78, 5) is 24.7. The Labute approximate surface area is 133 Å². The minimum atomic E-state index is -0.951. The van der Waals surface area contributed by atoms with Crippen LogP contribution in [0.3, 0.4) is 0 Å². The number of carbonyl (C=O) groups is 2. The first-order valence-corrected chi connectivity index (χ1v) is 7.65. The smallest absolute Gasteiger partial charge is 0.331 e. The Morgan fingerprint density at radius 3 is 2.78 bits per heavy atom. The van der Waals surface area contributed by atoms with Crippen molar-refractivity contribution in [2.75, 3.05) is 7.11 Å². The summed E-state index contributed by atoms with van der Waals surface area (Å²) in [5, 5.41) is 9.60. The number of nitrogens with zero attached hydrogens (tertiary/aromatic N) is 1. The number of hydrogen-bond donors (Lipinski definition) is 2. The molecule has 0 aliphatic heterocycles. The molecule has 0 unspecified atom stereocenters. The highest BCUT2D eigenvalue weighted by atomic mass is 16.5. The average molecular weight is 317 g/mol. The molecule has 1 aliphatic rings. The fourth-order valence-electron chi connectivity index (χ4n) is 3.01. The maximum atomic E-state index is 12.5. The van der Waals surface area contributed by atoms with E-state index in [2.05, 4.69) is 15.5 Å². The summed E-state index contributed by atoms with van der Waals surface area (Å²) in [7, 11) is 1.34. The molecule has 2 heterocycles. The van der Waals surface area contributed by atoms with Gasteiger partial charge < -0.3 is 14.5 Å². The second-order valence-electron chi connectivity index (χ2n) is 5.73. The Kier molecular flexibility index (Phi) is 4.18. The van der Waals surface area contributed by atoms with Crippen LogP contribution in [0.1, 0.15) is 42.6 Å². The number of nitrogens with one attached hydrogen (secondary N) is 2. The Bertz CT molecular complexity index is 684. The summed E-state index contributed by atoms with van der Waals surface area (Å²) in [6.07, 6.45) is 5.53. The van der Waals surface area contributed by atoms with Gasteiger partial charge in [0.05, 0.1) is 13.4 Å². The third-order valence-electron chi connectivity index (χ3n) is 4.23. The predicted octanol–water partition coefficient (Wildman–Crippen LogP) is 2.28. The van der Waals surface area contributed by atoms with Crippen molar-refractivity contribution in [1.82, 2.24) is 15.5 Å². The van der Waals surface area contributed by atoms with Gasteiger partial charge in [-0.05, 0) is 25.0 Å². The normalized spacial score (nSPS) is 16.7. The molecule has 122 valence electrons. The lowest BCUT2D eigenvalue weighted by atomic mass is 9.81. The summed E-state index contributed by atoms with van der Waals surface area (Å²) in [6.45, 7) is 0. The lowest BCUT2D eigenvalue weighted by molar-refractivity contribution is -0.149. The van der Waals surface area contributed by atoms with Gasteiger partial charge in [0.2, 0.25) is 0 Å². The van der Waals surface area contributed by atoms with Crippen molar-refractivity contribution in [3.05, 3.63) is 30.2 Å². The van der Waals surface area contributed by atoms with Crippen LogP contribution < -0.4 is 5.32 Å². The first-order chi connectivity index (χ1) is 11.1. The number of amides is 1. The lowest BCUT2D eigenvalue weighted by Gasteiger charge is -2.34. The minimum absolute atomic E-state index is 0.213. The van der Waals surface area contributed by atoms with E-state index < -0.39 is 17.4 Å². The minimum Gasteiger partial charge on any atom is -0.467 e. The van der Waals surface area contributed by atoms with Crippen LogP contribution in [0.15, 0.2) is 28.9 Å². The van der Waals surface area contributed by atoms with Crippen molar-refractivity contribution in [2.45, 2.75) is 37.6 Å². The number of hydrogen-bond acceptors (Lipinski definition) is 5. The van der Waals surface area contributed by atoms with Gasteiger partial charge in [0.15, 0.2) is 11.5 Å². The zero-order chi connectivity index (χ0) is 16.3. The molecule has 2 aromatic heterocycles. The molecule has 7 heteroatoms. The molecule has 0 atom stereocenters. The first kappa shape index (κ1) is 15.3. The number of aromatic amines is 1. The average Bonchev–Trinajstić information content (AvgIpc) is 3.25. The molecule has 0 spiro atoms. The molecule has 3 rings (SSSR count). The van der Waals surface area contributed by atoms with Crippen molar-refractivity contribution in [1.29, 1.82) is 0 Å². The molecule has 2 N–H and O–H groups in total. The lowest BCUT2D eigenvalue weighted by Crippen LogP contribution is -2.56. The zero-order valence-corrected chi connectivity index (χ0v) is 12.9. The molecule has 0 aromatic carbocycles. The summed E-state index contributed by atoms with van der Waals surface area (Å²) >= 11 is 0. The maximum Gasteiger partial charge on any atom is 0.331 e. The van der Waals surface area contributed by atoms with E-state index in [1.807, 2.05) is 0 Å². The number of aromatic nitrogens is 2. The molecule has 1 fully saturated rings. The molecule has 23 heavy (non-hydrogen) atoms. The number of rotatable bonds is 4. The van der Waals surface area contributed by atoms with Crippen molar-refractivity contribution in [3.8, 4) is 11.5 Å². The van der Waals surface area contributed by atoms with Crippen LogP contribution in [0.5, 0.6) is 0 Å². The number of ether oxygens (including phenoxy) is 1. The van der Waals surface area contributed by atoms with Crippen LogP contribution >= 0.6 is 0 Å². The van der Waals surface area contributed by atoms with Gasteiger partial charge in [-0.25, -0.2) is 4.79 Å². The number of esters is 1. The Morgan fingerprint density at radius 2 is 2.13 bits per heavy atom. The highest BCUT2D eigenvalue weighted by molar-refractivity contribution is 5.97. The third-order valence-corrected chi connectivity index (χ3v) is 4.23. The summed E-state index contributed by atoms with van der Waals surface area (Å²) < 4.78 is 10.2. The molecule has 2 aromatic rings. The van der Waals surface area contributed by atoms with Gasteiger partial charge >= 0.3 is 5.97 Å². The molecule has 1 aliphatic carbocycles. The number of furan rings is 1.